The number of nitrogens with two attached hydrogens (primary N) is 1. The van der Waals surface area contributed by atoms with Crippen LogP contribution in [-0.4, -0.2) is 17.1 Å². The minimum atomic E-state index is -1.01. The molecule has 3 N–H and O–H groups in total. The van der Waals surface area contributed by atoms with Crippen molar-refractivity contribution in [2.24, 2.45) is 5.73 Å². The number of primary amides is 1. The molecule has 0 bridgehead atoms. The average molecular weight is 223 g/mol. The maximum Gasteiger partial charge on any atom is 0.245 e. The highest BCUT2D eigenvalue weighted by atomic mass is 16.3. The second-order valence-electron chi connectivity index (χ2n) is 3.55. The third kappa shape index (κ3) is 5.51. The van der Waals surface area contributed by atoms with E-state index in [-0.39, 0.29) is 0 Å². The van der Waals surface area contributed by atoms with Crippen molar-refractivity contribution in [2.45, 2.75) is 39.7 Å². The van der Waals surface area contributed by atoms with E-state index in [1.807, 2.05) is 0 Å². The summed E-state index contributed by atoms with van der Waals surface area (Å²) in [6.07, 6.45) is 1.30. The molecule has 1 atom stereocenters. The predicted molar refractivity (Wildman–Crippen MR) is 66.1 cm³/mol. The first-order chi connectivity index (χ1) is 7.52. The quantitative estimate of drug-likeness (QED) is 0.818. The predicted octanol–water partition coefficient (Wildman–Crippen LogP) is 1.66. The highest BCUT2D eigenvalue weighted by molar-refractivity contribution is 5.77. The summed E-state index contributed by atoms with van der Waals surface area (Å²) in [5.74, 6) is -0.685. The molecular weight excluding hydrogens is 202 g/mol. The van der Waals surface area contributed by atoms with Crippen LogP contribution in [0.3, 0.4) is 0 Å². The van der Waals surface area contributed by atoms with Crippen molar-refractivity contribution in [3.05, 3.63) is 35.4 Å². The molecular formula is C13H21NO2. The van der Waals surface area contributed by atoms with Crippen LogP contribution in [0.5, 0.6) is 0 Å². The lowest BCUT2D eigenvalue weighted by atomic mass is 10.0. The van der Waals surface area contributed by atoms with Gasteiger partial charge in [-0.25, -0.2) is 0 Å². The van der Waals surface area contributed by atoms with Gasteiger partial charge in [0, 0.05) is 0 Å². The van der Waals surface area contributed by atoms with Gasteiger partial charge < -0.3 is 10.8 Å². The summed E-state index contributed by atoms with van der Waals surface area (Å²) in [5, 5.41) is 8.16. The summed E-state index contributed by atoms with van der Waals surface area (Å²) >= 11 is 0. The fourth-order valence-corrected chi connectivity index (χ4v) is 1.25. The van der Waals surface area contributed by atoms with Crippen molar-refractivity contribution < 1.29 is 9.90 Å². The van der Waals surface area contributed by atoms with Gasteiger partial charge in [0.15, 0.2) is 0 Å². The number of hydrogen-bond acceptors (Lipinski definition) is 2. The summed E-state index contributed by atoms with van der Waals surface area (Å²) in [4.78, 5) is 9.67. The first kappa shape index (κ1) is 14.6. The minimum absolute atomic E-state index is 0.685. The Bertz CT molecular complexity index is 298. The second-order valence-corrected chi connectivity index (χ2v) is 3.55. The van der Waals surface area contributed by atoms with Crippen LogP contribution in [-0.2, 0) is 17.6 Å². The molecule has 1 unspecified atom stereocenters. The molecule has 3 heteroatoms. The van der Waals surface area contributed by atoms with Gasteiger partial charge in [0.25, 0.3) is 0 Å². The van der Waals surface area contributed by atoms with Crippen LogP contribution < -0.4 is 5.73 Å². The van der Waals surface area contributed by atoms with E-state index in [0.29, 0.717) is 0 Å². The highest BCUT2D eigenvalue weighted by Gasteiger charge is 1.98. The second kappa shape index (κ2) is 7.88. The topological polar surface area (TPSA) is 63.3 Å². The largest absolute Gasteiger partial charge is 0.384 e. The molecule has 0 aliphatic carbocycles. The van der Waals surface area contributed by atoms with Gasteiger partial charge in [-0.05, 0) is 30.9 Å². The van der Waals surface area contributed by atoms with Crippen LogP contribution in [0.1, 0.15) is 31.9 Å². The normalized spacial score (nSPS) is 11.2. The van der Waals surface area contributed by atoms with Gasteiger partial charge in [0.1, 0.15) is 6.10 Å². The molecule has 16 heavy (non-hydrogen) atoms. The van der Waals surface area contributed by atoms with Gasteiger partial charge in [0.2, 0.25) is 5.91 Å². The van der Waals surface area contributed by atoms with Crippen LogP contribution in [0.2, 0.25) is 0 Å². The summed E-state index contributed by atoms with van der Waals surface area (Å²) in [7, 11) is 0. The van der Waals surface area contributed by atoms with Crippen molar-refractivity contribution in [2.75, 3.05) is 0 Å². The SMILES string of the molecule is CC(O)C(N)=O.CCc1ccccc1CC. The molecule has 0 aliphatic rings. The molecule has 0 fully saturated rings. The molecule has 0 saturated heterocycles. The lowest BCUT2D eigenvalue weighted by molar-refractivity contribution is -0.125. The molecule has 0 heterocycles. The Balaban J connectivity index is 0.000000325. The molecule has 0 spiro atoms. The fraction of sp³-hybridized carbons (Fsp3) is 0.462. The molecule has 0 radical (unpaired) electrons. The Morgan fingerprint density at radius 2 is 1.56 bits per heavy atom. The van der Waals surface area contributed by atoms with Crippen molar-refractivity contribution >= 4 is 5.91 Å². The Morgan fingerprint density at radius 1 is 1.25 bits per heavy atom. The number of carbonyl (C=O) groups is 1. The number of hydrogen-bond donors (Lipinski definition) is 2. The average Bonchev–Trinajstić information content (AvgIpc) is 2.29. The van der Waals surface area contributed by atoms with Crippen molar-refractivity contribution in [1.82, 2.24) is 0 Å². The van der Waals surface area contributed by atoms with E-state index in [1.54, 1.807) is 0 Å². The number of amides is 1. The maximum absolute atomic E-state index is 9.67. The number of carbonyl (C=O) groups excluding carboxylic acids is 1. The molecule has 3 nitrogen and oxygen atoms in total. The van der Waals surface area contributed by atoms with Crippen molar-refractivity contribution in [1.29, 1.82) is 0 Å². The lowest BCUT2D eigenvalue weighted by Crippen LogP contribution is -2.24. The first-order valence-electron chi connectivity index (χ1n) is 5.57. The standard InChI is InChI=1S/C10H14.C3H7NO2/c1-3-9-7-5-6-8-10(9)4-2;1-2(5)3(4)6/h5-8H,3-4H2,1-2H3;2,5H,1H3,(H2,4,6). The summed E-state index contributed by atoms with van der Waals surface area (Å²) in [6, 6.07) is 8.63. The number of aryl methyl sites for hydroxylation is 2. The molecule has 1 aromatic rings. The van der Waals surface area contributed by atoms with Crippen molar-refractivity contribution in [3.8, 4) is 0 Å². The van der Waals surface area contributed by atoms with E-state index in [1.165, 1.54) is 18.1 Å². The highest BCUT2D eigenvalue weighted by Crippen LogP contribution is 2.08. The molecule has 90 valence electrons. The van der Waals surface area contributed by atoms with E-state index < -0.39 is 12.0 Å². The van der Waals surface area contributed by atoms with Gasteiger partial charge in [-0.15, -0.1) is 0 Å². The van der Waals surface area contributed by atoms with E-state index >= 15 is 0 Å². The van der Waals surface area contributed by atoms with Crippen LogP contribution in [0, 0.1) is 0 Å². The van der Waals surface area contributed by atoms with Gasteiger partial charge >= 0.3 is 0 Å². The number of benzene rings is 1. The Morgan fingerprint density at radius 3 is 1.75 bits per heavy atom. The molecule has 1 aromatic carbocycles. The Hall–Kier alpha value is -1.35. The summed E-state index contributed by atoms with van der Waals surface area (Å²) in [5.41, 5.74) is 7.53. The number of aliphatic hydroxyl groups excluding tert-OH is 1. The van der Waals surface area contributed by atoms with Crippen LogP contribution in [0.4, 0.5) is 0 Å². The molecule has 1 rings (SSSR count). The minimum Gasteiger partial charge on any atom is -0.384 e. The third-order valence-electron chi connectivity index (χ3n) is 2.29. The zero-order valence-electron chi connectivity index (χ0n) is 10.2. The van der Waals surface area contributed by atoms with Crippen molar-refractivity contribution in [3.63, 3.8) is 0 Å². The lowest BCUT2D eigenvalue weighted by Gasteiger charge is -2.02. The smallest absolute Gasteiger partial charge is 0.245 e. The van der Waals surface area contributed by atoms with E-state index in [2.05, 4.69) is 43.8 Å². The van der Waals surface area contributed by atoms with Crippen LogP contribution in [0.15, 0.2) is 24.3 Å². The van der Waals surface area contributed by atoms with E-state index in [9.17, 15) is 4.79 Å². The number of rotatable bonds is 3. The Kier molecular flexibility index (Phi) is 7.21. The van der Waals surface area contributed by atoms with Crippen LogP contribution in [0.25, 0.3) is 0 Å². The maximum atomic E-state index is 9.67. The monoisotopic (exact) mass is 223 g/mol. The molecule has 0 saturated carbocycles. The third-order valence-corrected chi connectivity index (χ3v) is 2.29. The first-order valence-corrected chi connectivity index (χ1v) is 5.57. The van der Waals surface area contributed by atoms with E-state index in [0.717, 1.165) is 12.8 Å². The van der Waals surface area contributed by atoms with Gasteiger partial charge in [-0.2, -0.15) is 0 Å². The van der Waals surface area contributed by atoms with Gasteiger partial charge in [-0.1, -0.05) is 38.1 Å². The van der Waals surface area contributed by atoms with E-state index in [4.69, 9.17) is 5.11 Å². The summed E-state index contributed by atoms with van der Waals surface area (Å²) in [6.45, 7) is 5.73. The van der Waals surface area contributed by atoms with Crippen LogP contribution >= 0.6 is 0 Å². The molecule has 0 aromatic heterocycles. The molecule has 1 amide bonds. The van der Waals surface area contributed by atoms with Gasteiger partial charge in [0.05, 0.1) is 0 Å². The molecule has 0 aliphatic heterocycles. The van der Waals surface area contributed by atoms with Gasteiger partial charge in [-0.3, -0.25) is 4.79 Å². The number of aliphatic hydroxyl groups is 1. The zero-order valence-corrected chi connectivity index (χ0v) is 10.2. The summed E-state index contributed by atoms with van der Waals surface area (Å²) < 4.78 is 0. The zero-order chi connectivity index (χ0) is 12.6. The Labute approximate surface area is 97.3 Å². The fourth-order valence-electron chi connectivity index (χ4n) is 1.25.